The van der Waals surface area contributed by atoms with Crippen molar-refractivity contribution in [2.75, 3.05) is 19.9 Å². The number of amides is 1. The minimum atomic E-state index is -0.535. The summed E-state index contributed by atoms with van der Waals surface area (Å²) in [4.78, 5) is 13.4. The Bertz CT molecular complexity index is 906. The van der Waals surface area contributed by atoms with Crippen LogP contribution in [0.15, 0.2) is 42.5 Å². The van der Waals surface area contributed by atoms with Crippen LogP contribution in [0.5, 0.6) is 23.0 Å². The van der Waals surface area contributed by atoms with Gasteiger partial charge in [-0.05, 0) is 42.7 Å². The largest absolute Gasteiger partial charge is 0.486 e. The summed E-state index contributed by atoms with van der Waals surface area (Å²) >= 11 is 0. The first-order valence-corrected chi connectivity index (χ1v) is 10.3. The standard InChI is InChI=1S/C23H25NO5/c25-22(24-13-17-14-26-18-6-2-3-7-20(18)29-17)23(10-4-1-5-11-23)16-8-9-19-21(12-16)28-15-27-19/h2-3,6-9,12,17H,1,4-5,10-11,13-15H2,(H,24,25). The number of ether oxygens (including phenoxy) is 4. The minimum Gasteiger partial charge on any atom is -0.486 e. The van der Waals surface area contributed by atoms with Crippen molar-refractivity contribution >= 4 is 5.91 Å². The monoisotopic (exact) mass is 395 g/mol. The topological polar surface area (TPSA) is 66.0 Å². The molecule has 1 fully saturated rings. The predicted molar refractivity (Wildman–Crippen MR) is 107 cm³/mol. The highest BCUT2D eigenvalue weighted by atomic mass is 16.7. The molecule has 0 saturated heterocycles. The summed E-state index contributed by atoms with van der Waals surface area (Å²) in [6.07, 6.45) is 4.71. The minimum absolute atomic E-state index is 0.0542. The molecule has 0 bridgehead atoms. The van der Waals surface area contributed by atoms with Crippen LogP contribution in [0.4, 0.5) is 0 Å². The molecule has 2 aliphatic heterocycles. The van der Waals surface area contributed by atoms with E-state index in [2.05, 4.69) is 5.32 Å². The van der Waals surface area contributed by atoms with Gasteiger partial charge < -0.3 is 24.3 Å². The third kappa shape index (κ3) is 3.37. The Morgan fingerprint density at radius 2 is 1.69 bits per heavy atom. The summed E-state index contributed by atoms with van der Waals surface area (Å²) in [5, 5.41) is 3.14. The molecule has 2 aromatic carbocycles. The molecule has 5 rings (SSSR count). The van der Waals surface area contributed by atoms with Crippen LogP contribution in [0.25, 0.3) is 0 Å². The average Bonchev–Trinajstić information content (AvgIpc) is 3.26. The van der Waals surface area contributed by atoms with Gasteiger partial charge in [-0.1, -0.05) is 37.5 Å². The van der Waals surface area contributed by atoms with Crippen molar-refractivity contribution in [3.8, 4) is 23.0 Å². The molecule has 1 amide bonds. The first-order valence-electron chi connectivity index (χ1n) is 10.3. The molecule has 0 radical (unpaired) electrons. The molecular formula is C23H25NO5. The Hall–Kier alpha value is -2.89. The molecule has 2 heterocycles. The number of carbonyl (C=O) groups is 1. The van der Waals surface area contributed by atoms with Crippen LogP contribution >= 0.6 is 0 Å². The molecule has 3 aliphatic rings. The van der Waals surface area contributed by atoms with Crippen LogP contribution in [0.2, 0.25) is 0 Å². The van der Waals surface area contributed by atoms with Crippen LogP contribution in [0.3, 0.4) is 0 Å². The summed E-state index contributed by atoms with van der Waals surface area (Å²) in [5.41, 5.74) is 0.470. The fourth-order valence-corrected chi connectivity index (χ4v) is 4.54. The maximum atomic E-state index is 13.4. The van der Waals surface area contributed by atoms with Crippen molar-refractivity contribution in [3.05, 3.63) is 48.0 Å². The fourth-order valence-electron chi connectivity index (χ4n) is 4.54. The summed E-state index contributed by atoms with van der Waals surface area (Å²) in [7, 11) is 0. The molecular weight excluding hydrogens is 370 g/mol. The van der Waals surface area contributed by atoms with E-state index in [9.17, 15) is 4.79 Å². The zero-order valence-corrected chi connectivity index (χ0v) is 16.3. The maximum absolute atomic E-state index is 13.4. The van der Waals surface area contributed by atoms with E-state index in [1.807, 2.05) is 42.5 Å². The highest BCUT2D eigenvalue weighted by Crippen LogP contribution is 2.43. The number of fused-ring (bicyclic) bond motifs is 2. The molecule has 6 heteroatoms. The summed E-state index contributed by atoms with van der Waals surface area (Å²) in [5.74, 6) is 2.99. The van der Waals surface area contributed by atoms with Crippen molar-refractivity contribution in [3.63, 3.8) is 0 Å². The second-order valence-corrected chi connectivity index (χ2v) is 7.92. The summed E-state index contributed by atoms with van der Waals surface area (Å²) in [6, 6.07) is 13.5. The van der Waals surface area contributed by atoms with Crippen LogP contribution in [0, 0.1) is 0 Å². The second-order valence-electron chi connectivity index (χ2n) is 7.92. The van der Waals surface area contributed by atoms with Gasteiger partial charge in [0.1, 0.15) is 12.7 Å². The first kappa shape index (κ1) is 18.2. The van der Waals surface area contributed by atoms with Gasteiger partial charge in [0, 0.05) is 0 Å². The van der Waals surface area contributed by atoms with Gasteiger partial charge in [0.2, 0.25) is 12.7 Å². The number of rotatable bonds is 4. The third-order valence-electron chi connectivity index (χ3n) is 6.12. The van der Waals surface area contributed by atoms with E-state index in [-0.39, 0.29) is 18.8 Å². The smallest absolute Gasteiger partial charge is 0.231 e. The highest BCUT2D eigenvalue weighted by molar-refractivity contribution is 5.88. The molecule has 0 spiro atoms. The van der Waals surface area contributed by atoms with Crippen LogP contribution in [-0.2, 0) is 10.2 Å². The number of para-hydroxylation sites is 2. The molecule has 6 nitrogen and oxygen atoms in total. The van der Waals surface area contributed by atoms with Gasteiger partial charge in [0.15, 0.2) is 23.0 Å². The Balaban J connectivity index is 1.32. The van der Waals surface area contributed by atoms with Gasteiger partial charge in [-0.3, -0.25) is 4.79 Å². The number of hydrogen-bond acceptors (Lipinski definition) is 5. The maximum Gasteiger partial charge on any atom is 0.231 e. The second kappa shape index (κ2) is 7.50. The molecule has 1 unspecified atom stereocenters. The van der Waals surface area contributed by atoms with Gasteiger partial charge in [-0.15, -0.1) is 0 Å². The molecule has 0 aromatic heterocycles. The van der Waals surface area contributed by atoms with Crippen LogP contribution in [0.1, 0.15) is 37.7 Å². The summed E-state index contributed by atoms with van der Waals surface area (Å²) in [6.45, 7) is 1.08. The lowest BCUT2D eigenvalue weighted by Gasteiger charge is -2.37. The Kier molecular flexibility index (Phi) is 4.70. The van der Waals surface area contributed by atoms with Crippen molar-refractivity contribution in [1.29, 1.82) is 0 Å². The lowest BCUT2D eigenvalue weighted by Crippen LogP contribution is -2.49. The van der Waals surface area contributed by atoms with E-state index in [0.717, 1.165) is 60.7 Å². The highest BCUT2D eigenvalue weighted by Gasteiger charge is 2.42. The van der Waals surface area contributed by atoms with E-state index in [0.29, 0.717) is 13.2 Å². The Labute approximate surface area is 170 Å². The van der Waals surface area contributed by atoms with E-state index in [4.69, 9.17) is 18.9 Å². The van der Waals surface area contributed by atoms with Crippen molar-refractivity contribution in [2.24, 2.45) is 0 Å². The number of hydrogen-bond donors (Lipinski definition) is 1. The van der Waals surface area contributed by atoms with E-state index in [1.54, 1.807) is 0 Å². The fraction of sp³-hybridized carbons (Fsp3) is 0.435. The van der Waals surface area contributed by atoms with Crippen molar-refractivity contribution in [1.82, 2.24) is 5.32 Å². The van der Waals surface area contributed by atoms with Crippen molar-refractivity contribution < 1.29 is 23.7 Å². The predicted octanol–water partition coefficient (Wildman–Crippen LogP) is 3.57. The van der Waals surface area contributed by atoms with Crippen LogP contribution < -0.4 is 24.3 Å². The van der Waals surface area contributed by atoms with Gasteiger partial charge in [-0.2, -0.15) is 0 Å². The quantitative estimate of drug-likeness (QED) is 0.857. The molecule has 1 saturated carbocycles. The Morgan fingerprint density at radius 3 is 2.55 bits per heavy atom. The first-order chi connectivity index (χ1) is 14.2. The van der Waals surface area contributed by atoms with E-state index >= 15 is 0 Å². The zero-order chi connectivity index (χ0) is 19.7. The van der Waals surface area contributed by atoms with Gasteiger partial charge in [-0.25, -0.2) is 0 Å². The third-order valence-corrected chi connectivity index (χ3v) is 6.12. The molecule has 29 heavy (non-hydrogen) atoms. The number of carbonyl (C=O) groups excluding carboxylic acids is 1. The Morgan fingerprint density at radius 1 is 0.931 bits per heavy atom. The molecule has 1 atom stereocenters. The van der Waals surface area contributed by atoms with Crippen LogP contribution in [-0.4, -0.2) is 32.0 Å². The molecule has 152 valence electrons. The summed E-state index contributed by atoms with van der Waals surface area (Å²) < 4.78 is 22.7. The van der Waals surface area contributed by atoms with Gasteiger partial charge >= 0.3 is 0 Å². The lowest BCUT2D eigenvalue weighted by molar-refractivity contribution is -0.128. The molecule has 2 aromatic rings. The molecule has 1 N–H and O–H groups in total. The lowest BCUT2D eigenvalue weighted by atomic mass is 9.68. The van der Waals surface area contributed by atoms with E-state index in [1.165, 1.54) is 0 Å². The average molecular weight is 395 g/mol. The normalized spacial score (nSPS) is 21.4. The number of benzene rings is 2. The SMILES string of the molecule is O=C(NCC1COc2ccccc2O1)C1(c2ccc3c(c2)OCO3)CCCCC1. The van der Waals surface area contributed by atoms with Crippen molar-refractivity contribution in [2.45, 2.75) is 43.6 Å². The van der Waals surface area contributed by atoms with Gasteiger partial charge in [0.05, 0.1) is 12.0 Å². The van der Waals surface area contributed by atoms with E-state index < -0.39 is 5.41 Å². The number of nitrogens with one attached hydrogen (secondary N) is 1. The van der Waals surface area contributed by atoms with Gasteiger partial charge in [0.25, 0.3) is 0 Å². The zero-order valence-electron chi connectivity index (χ0n) is 16.3. The molecule has 1 aliphatic carbocycles.